The molecule has 0 fully saturated rings. The van der Waals surface area contributed by atoms with Crippen LogP contribution in [0.1, 0.15) is 37.6 Å². The molecule has 8 heteroatoms. The number of nitrogens with one attached hydrogen (secondary N) is 1. The molecule has 1 amide bonds. The Bertz CT molecular complexity index is 641. The van der Waals surface area contributed by atoms with Crippen molar-refractivity contribution in [2.45, 2.75) is 32.7 Å². The Kier molecular flexibility index (Phi) is 6.27. The topological polar surface area (TPSA) is 102 Å². The van der Waals surface area contributed by atoms with E-state index in [1.165, 1.54) is 12.1 Å². The van der Waals surface area contributed by atoms with E-state index in [4.69, 9.17) is 4.74 Å². The van der Waals surface area contributed by atoms with Crippen molar-refractivity contribution < 1.29 is 19.2 Å². The number of carbonyl (C=O) groups excluding carboxylic acids is 2. The lowest BCUT2D eigenvalue weighted by Gasteiger charge is -2.24. The van der Waals surface area contributed by atoms with Gasteiger partial charge in [-0.25, -0.2) is 4.79 Å². The lowest BCUT2D eigenvalue weighted by Crippen LogP contribution is -2.44. The van der Waals surface area contributed by atoms with Crippen molar-refractivity contribution in [3.63, 3.8) is 0 Å². The summed E-state index contributed by atoms with van der Waals surface area (Å²) in [5.74, 6) is -1.21. The third-order valence-electron chi connectivity index (χ3n) is 3.59. The maximum Gasteiger partial charge on any atom is 0.338 e. The zero-order valence-corrected chi connectivity index (χ0v) is 14.6. The van der Waals surface area contributed by atoms with Crippen LogP contribution in [0.4, 0.5) is 11.4 Å². The SMILES string of the molecule is CCC(C)(C)NC(=O)COC(=O)c1ccc(N(C)C)c([N+](=O)[O-])c1. The van der Waals surface area contributed by atoms with Gasteiger partial charge in [0.15, 0.2) is 6.61 Å². The van der Waals surface area contributed by atoms with E-state index in [0.717, 1.165) is 12.5 Å². The number of hydrogen-bond donors (Lipinski definition) is 1. The smallest absolute Gasteiger partial charge is 0.338 e. The lowest BCUT2D eigenvalue weighted by atomic mass is 10.0. The van der Waals surface area contributed by atoms with Gasteiger partial charge in [0, 0.05) is 25.7 Å². The highest BCUT2D eigenvalue weighted by Gasteiger charge is 2.21. The Morgan fingerprint density at radius 3 is 2.46 bits per heavy atom. The highest BCUT2D eigenvalue weighted by atomic mass is 16.6. The van der Waals surface area contributed by atoms with Gasteiger partial charge in [0.25, 0.3) is 11.6 Å². The standard InChI is InChI=1S/C16H23N3O5/c1-6-16(2,3)17-14(20)10-24-15(21)11-7-8-12(18(4)5)13(9-11)19(22)23/h7-9H,6,10H2,1-5H3,(H,17,20). The Hall–Kier alpha value is -2.64. The molecule has 8 nitrogen and oxygen atoms in total. The van der Waals surface area contributed by atoms with Gasteiger partial charge in [-0.05, 0) is 32.4 Å². The molecule has 0 unspecified atom stereocenters. The van der Waals surface area contributed by atoms with Crippen molar-refractivity contribution in [3.05, 3.63) is 33.9 Å². The second-order valence-corrected chi connectivity index (χ2v) is 6.22. The van der Waals surface area contributed by atoms with Gasteiger partial charge < -0.3 is 15.0 Å². The molecule has 132 valence electrons. The molecule has 0 saturated heterocycles. The number of benzene rings is 1. The van der Waals surface area contributed by atoms with E-state index in [1.54, 1.807) is 19.0 Å². The van der Waals surface area contributed by atoms with E-state index in [1.807, 2.05) is 20.8 Å². The van der Waals surface area contributed by atoms with Gasteiger partial charge in [-0.1, -0.05) is 6.92 Å². The summed E-state index contributed by atoms with van der Waals surface area (Å²) < 4.78 is 4.93. The molecule has 0 aromatic heterocycles. The lowest BCUT2D eigenvalue weighted by molar-refractivity contribution is -0.384. The maximum atomic E-state index is 12.0. The summed E-state index contributed by atoms with van der Waals surface area (Å²) in [6, 6.07) is 4.04. The summed E-state index contributed by atoms with van der Waals surface area (Å²) in [7, 11) is 3.33. The monoisotopic (exact) mass is 337 g/mol. The number of carbonyl (C=O) groups is 2. The number of anilines is 1. The van der Waals surface area contributed by atoms with Gasteiger partial charge in [-0.3, -0.25) is 14.9 Å². The fraction of sp³-hybridized carbons (Fsp3) is 0.500. The number of ether oxygens (including phenoxy) is 1. The predicted molar refractivity (Wildman–Crippen MR) is 90.2 cm³/mol. The normalized spacial score (nSPS) is 10.9. The minimum absolute atomic E-state index is 0.0230. The molecular weight excluding hydrogens is 314 g/mol. The van der Waals surface area contributed by atoms with Crippen LogP contribution in [-0.2, 0) is 9.53 Å². The summed E-state index contributed by atoms with van der Waals surface area (Å²) in [5.41, 5.74) is -0.199. The van der Waals surface area contributed by atoms with Crippen molar-refractivity contribution in [3.8, 4) is 0 Å². The fourth-order valence-electron chi connectivity index (χ4n) is 1.89. The summed E-state index contributed by atoms with van der Waals surface area (Å²) in [6.45, 7) is 5.20. The molecule has 0 spiro atoms. The molecule has 0 heterocycles. The second-order valence-electron chi connectivity index (χ2n) is 6.22. The highest BCUT2D eigenvalue weighted by Crippen LogP contribution is 2.27. The van der Waals surface area contributed by atoms with Crippen LogP contribution in [0.15, 0.2) is 18.2 Å². The van der Waals surface area contributed by atoms with E-state index in [0.29, 0.717) is 5.69 Å². The zero-order valence-electron chi connectivity index (χ0n) is 14.6. The van der Waals surface area contributed by atoms with E-state index >= 15 is 0 Å². The third kappa shape index (κ3) is 5.22. The maximum absolute atomic E-state index is 12.0. The van der Waals surface area contributed by atoms with Crippen molar-refractivity contribution in [2.24, 2.45) is 0 Å². The van der Waals surface area contributed by atoms with Crippen LogP contribution in [-0.4, -0.2) is 43.0 Å². The van der Waals surface area contributed by atoms with Crippen LogP contribution in [0, 0.1) is 10.1 Å². The molecule has 0 aliphatic rings. The number of esters is 1. The molecule has 0 radical (unpaired) electrons. The number of nitrogens with zero attached hydrogens (tertiary/aromatic N) is 2. The number of nitro groups is 1. The van der Waals surface area contributed by atoms with Crippen molar-refractivity contribution in [1.82, 2.24) is 5.32 Å². The van der Waals surface area contributed by atoms with E-state index < -0.39 is 28.9 Å². The Morgan fingerprint density at radius 2 is 1.96 bits per heavy atom. The molecule has 0 aliphatic heterocycles. The number of nitro benzene ring substituents is 1. The minimum Gasteiger partial charge on any atom is -0.452 e. The predicted octanol–water partition coefficient (Wildman–Crippen LogP) is 2.12. The Labute approximate surface area is 140 Å². The average Bonchev–Trinajstić information content (AvgIpc) is 2.51. The average molecular weight is 337 g/mol. The Morgan fingerprint density at radius 1 is 1.33 bits per heavy atom. The molecule has 1 aromatic carbocycles. The van der Waals surface area contributed by atoms with Gasteiger partial charge in [-0.2, -0.15) is 0 Å². The van der Waals surface area contributed by atoms with Gasteiger partial charge >= 0.3 is 5.97 Å². The van der Waals surface area contributed by atoms with Gasteiger partial charge in [-0.15, -0.1) is 0 Å². The van der Waals surface area contributed by atoms with Crippen molar-refractivity contribution in [1.29, 1.82) is 0 Å². The first kappa shape index (κ1) is 19.4. The summed E-state index contributed by atoms with van der Waals surface area (Å²) in [5, 5.41) is 13.9. The Balaban J connectivity index is 2.80. The van der Waals surface area contributed by atoms with E-state index in [9.17, 15) is 19.7 Å². The molecule has 0 saturated carbocycles. The first-order chi connectivity index (χ1) is 11.1. The molecule has 1 N–H and O–H groups in total. The number of hydrogen-bond acceptors (Lipinski definition) is 6. The quantitative estimate of drug-likeness (QED) is 0.464. The molecule has 24 heavy (non-hydrogen) atoms. The summed E-state index contributed by atoms with van der Waals surface area (Å²) in [6.07, 6.45) is 0.727. The third-order valence-corrected chi connectivity index (χ3v) is 3.59. The number of amides is 1. The van der Waals surface area contributed by atoms with E-state index in [-0.39, 0.29) is 11.3 Å². The van der Waals surface area contributed by atoms with Crippen LogP contribution >= 0.6 is 0 Å². The fourth-order valence-corrected chi connectivity index (χ4v) is 1.89. The molecular formula is C16H23N3O5. The number of rotatable bonds is 7. The molecule has 0 aliphatic carbocycles. The minimum atomic E-state index is -0.784. The van der Waals surface area contributed by atoms with Crippen molar-refractivity contribution in [2.75, 3.05) is 25.6 Å². The van der Waals surface area contributed by atoms with Gasteiger partial charge in [0.2, 0.25) is 0 Å². The molecule has 1 aromatic rings. The van der Waals surface area contributed by atoms with Crippen LogP contribution in [0.5, 0.6) is 0 Å². The van der Waals surface area contributed by atoms with Crippen LogP contribution in [0.25, 0.3) is 0 Å². The van der Waals surface area contributed by atoms with E-state index in [2.05, 4.69) is 5.32 Å². The summed E-state index contributed by atoms with van der Waals surface area (Å²) >= 11 is 0. The zero-order chi connectivity index (χ0) is 18.5. The largest absolute Gasteiger partial charge is 0.452 e. The molecule has 0 bridgehead atoms. The summed E-state index contributed by atoms with van der Waals surface area (Å²) in [4.78, 5) is 35.9. The molecule has 1 rings (SSSR count). The van der Waals surface area contributed by atoms with Gasteiger partial charge in [0.05, 0.1) is 10.5 Å². The first-order valence-corrected chi connectivity index (χ1v) is 7.51. The van der Waals surface area contributed by atoms with Gasteiger partial charge in [0.1, 0.15) is 5.69 Å². The second kappa shape index (κ2) is 7.76. The first-order valence-electron chi connectivity index (χ1n) is 7.51. The highest BCUT2D eigenvalue weighted by molar-refractivity contribution is 5.93. The van der Waals surface area contributed by atoms with Crippen LogP contribution in [0.3, 0.4) is 0 Å². The molecule has 0 atom stereocenters. The van der Waals surface area contributed by atoms with Crippen molar-refractivity contribution >= 4 is 23.3 Å². The van der Waals surface area contributed by atoms with Crippen LogP contribution in [0.2, 0.25) is 0 Å². The van der Waals surface area contributed by atoms with Crippen LogP contribution < -0.4 is 10.2 Å².